The summed E-state index contributed by atoms with van der Waals surface area (Å²) in [4.78, 5) is 0. The first kappa shape index (κ1) is 13.3. The number of fused-ring (bicyclic) bond motifs is 1. The van der Waals surface area contributed by atoms with Crippen molar-refractivity contribution in [2.24, 2.45) is 0 Å². The molecular formula is C16H15ClO3. The van der Waals surface area contributed by atoms with Gasteiger partial charge in [0.25, 0.3) is 0 Å². The first-order chi connectivity index (χ1) is 9.56. The standard InChI is InChI=1S/C16H15ClO3/c1-9-3-4-11(5-10(9)2)15(18)12-6-13(17)16-14(7-12)19-8-20-16/h3-7,15,18H,8H2,1-2H3. The molecule has 0 aromatic heterocycles. The summed E-state index contributed by atoms with van der Waals surface area (Å²) in [6, 6.07) is 9.40. The van der Waals surface area contributed by atoms with Crippen LogP contribution in [0.4, 0.5) is 0 Å². The SMILES string of the molecule is Cc1ccc(C(O)c2cc(Cl)c3c(c2)OCO3)cc1C. The third kappa shape index (κ3) is 2.23. The van der Waals surface area contributed by atoms with Gasteiger partial charge in [-0.2, -0.15) is 0 Å². The molecule has 1 N–H and O–H groups in total. The van der Waals surface area contributed by atoms with Gasteiger partial charge >= 0.3 is 0 Å². The van der Waals surface area contributed by atoms with Gasteiger partial charge < -0.3 is 14.6 Å². The minimum absolute atomic E-state index is 0.165. The summed E-state index contributed by atoms with van der Waals surface area (Å²) in [6.45, 7) is 4.24. The number of halogens is 1. The average Bonchev–Trinajstić information content (AvgIpc) is 2.90. The molecule has 2 aromatic rings. The van der Waals surface area contributed by atoms with Gasteiger partial charge in [0.05, 0.1) is 5.02 Å². The minimum Gasteiger partial charge on any atom is -0.454 e. The van der Waals surface area contributed by atoms with E-state index in [4.69, 9.17) is 21.1 Å². The van der Waals surface area contributed by atoms with Crippen LogP contribution < -0.4 is 9.47 Å². The van der Waals surface area contributed by atoms with E-state index in [1.165, 1.54) is 5.56 Å². The summed E-state index contributed by atoms with van der Waals surface area (Å²) in [6.07, 6.45) is -0.735. The van der Waals surface area contributed by atoms with Crippen molar-refractivity contribution in [2.45, 2.75) is 20.0 Å². The minimum atomic E-state index is -0.735. The van der Waals surface area contributed by atoms with E-state index in [9.17, 15) is 5.11 Å². The van der Waals surface area contributed by atoms with Gasteiger partial charge in [-0.15, -0.1) is 0 Å². The molecule has 1 aliphatic heterocycles. The van der Waals surface area contributed by atoms with Gasteiger partial charge in [0.1, 0.15) is 6.10 Å². The Kier molecular flexibility index (Phi) is 3.32. The smallest absolute Gasteiger partial charge is 0.231 e. The van der Waals surface area contributed by atoms with Crippen molar-refractivity contribution in [1.29, 1.82) is 0 Å². The first-order valence-corrected chi connectivity index (χ1v) is 6.78. The summed E-state index contributed by atoms with van der Waals surface area (Å²) in [7, 11) is 0. The number of hydrogen-bond acceptors (Lipinski definition) is 3. The van der Waals surface area contributed by atoms with Crippen LogP contribution in [0.5, 0.6) is 11.5 Å². The van der Waals surface area contributed by atoms with E-state index in [0.717, 1.165) is 11.1 Å². The van der Waals surface area contributed by atoms with Gasteiger partial charge in [-0.1, -0.05) is 29.8 Å². The van der Waals surface area contributed by atoms with Crippen LogP contribution in [0, 0.1) is 13.8 Å². The Balaban J connectivity index is 2.00. The molecule has 0 bridgehead atoms. The molecule has 3 nitrogen and oxygen atoms in total. The molecule has 0 fully saturated rings. The summed E-state index contributed by atoms with van der Waals surface area (Å²) < 4.78 is 10.6. The summed E-state index contributed by atoms with van der Waals surface area (Å²) in [5, 5.41) is 11.0. The van der Waals surface area contributed by atoms with E-state index < -0.39 is 6.10 Å². The molecule has 4 heteroatoms. The highest BCUT2D eigenvalue weighted by molar-refractivity contribution is 6.32. The molecule has 3 rings (SSSR count). The van der Waals surface area contributed by atoms with Crippen LogP contribution in [-0.2, 0) is 0 Å². The van der Waals surface area contributed by atoms with E-state index >= 15 is 0 Å². The largest absolute Gasteiger partial charge is 0.454 e. The Morgan fingerprint density at radius 3 is 2.60 bits per heavy atom. The molecule has 0 spiro atoms. The van der Waals surface area contributed by atoms with Crippen LogP contribution in [0.1, 0.15) is 28.4 Å². The van der Waals surface area contributed by atoms with Gasteiger partial charge in [-0.25, -0.2) is 0 Å². The highest BCUT2D eigenvalue weighted by Crippen LogP contribution is 2.41. The van der Waals surface area contributed by atoms with Crippen molar-refractivity contribution < 1.29 is 14.6 Å². The molecule has 1 unspecified atom stereocenters. The van der Waals surface area contributed by atoms with E-state index in [-0.39, 0.29) is 6.79 Å². The Morgan fingerprint density at radius 1 is 1.05 bits per heavy atom. The van der Waals surface area contributed by atoms with Gasteiger partial charge in [-0.3, -0.25) is 0 Å². The first-order valence-electron chi connectivity index (χ1n) is 6.40. The molecular weight excluding hydrogens is 276 g/mol. The quantitative estimate of drug-likeness (QED) is 0.915. The van der Waals surface area contributed by atoms with E-state index in [0.29, 0.717) is 22.1 Å². The second-order valence-corrected chi connectivity index (χ2v) is 5.39. The maximum Gasteiger partial charge on any atom is 0.231 e. The van der Waals surface area contributed by atoms with Crippen molar-refractivity contribution in [1.82, 2.24) is 0 Å². The predicted molar refractivity (Wildman–Crippen MR) is 77.6 cm³/mol. The highest BCUT2D eigenvalue weighted by Gasteiger charge is 2.21. The summed E-state index contributed by atoms with van der Waals surface area (Å²) in [5.74, 6) is 1.12. The van der Waals surface area contributed by atoms with Gasteiger partial charge in [0, 0.05) is 0 Å². The van der Waals surface area contributed by atoms with Gasteiger partial charge in [0.15, 0.2) is 11.5 Å². The predicted octanol–water partition coefficient (Wildman–Crippen LogP) is 3.77. The number of aryl methyl sites for hydroxylation is 2. The topological polar surface area (TPSA) is 38.7 Å². The molecule has 104 valence electrons. The fraction of sp³-hybridized carbons (Fsp3) is 0.250. The third-order valence-electron chi connectivity index (χ3n) is 3.61. The molecule has 1 atom stereocenters. The number of benzene rings is 2. The van der Waals surface area contributed by atoms with Crippen molar-refractivity contribution in [3.8, 4) is 11.5 Å². The lowest BCUT2D eigenvalue weighted by Gasteiger charge is -2.14. The van der Waals surface area contributed by atoms with Crippen LogP contribution in [0.2, 0.25) is 5.02 Å². The zero-order valence-corrected chi connectivity index (χ0v) is 12.1. The number of ether oxygens (including phenoxy) is 2. The highest BCUT2D eigenvalue weighted by atomic mass is 35.5. The third-order valence-corrected chi connectivity index (χ3v) is 3.89. The second kappa shape index (κ2) is 5.00. The normalized spacial score (nSPS) is 14.4. The molecule has 1 aliphatic rings. The average molecular weight is 291 g/mol. The number of aliphatic hydroxyl groups is 1. The molecule has 0 aliphatic carbocycles. The molecule has 0 saturated heterocycles. The second-order valence-electron chi connectivity index (χ2n) is 4.98. The molecule has 0 saturated carbocycles. The molecule has 20 heavy (non-hydrogen) atoms. The molecule has 0 radical (unpaired) electrons. The van der Waals surface area contributed by atoms with Crippen molar-refractivity contribution in [3.63, 3.8) is 0 Å². The van der Waals surface area contributed by atoms with Crippen LogP contribution >= 0.6 is 11.6 Å². The zero-order valence-electron chi connectivity index (χ0n) is 11.3. The lowest BCUT2D eigenvalue weighted by atomic mass is 9.97. The maximum absolute atomic E-state index is 10.5. The zero-order chi connectivity index (χ0) is 14.3. The Labute approximate surface area is 122 Å². The number of aliphatic hydroxyl groups excluding tert-OH is 1. The van der Waals surface area contributed by atoms with E-state index in [1.54, 1.807) is 12.1 Å². The van der Waals surface area contributed by atoms with Crippen LogP contribution in [0.15, 0.2) is 30.3 Å². The maximum atomic E-state index is 10.5. The molecule has 1 heterocycles. The fourth-order valence-electron chi connectivity index (χ4n) is 2.27. The van der Waals surface area contributed by atoms with Crippen molar-refractivity contribution >= 4 is 11.6 Å². The van der Waals surface area contributed by atoms with Gasteiger partial charge in [-0.05, 0) is 48.2 Å². The Morgan fingerprint density at radius 2 is 1.85 bits per heavy atom. The van der Waals surface area contributed by atoms with Crippen LogP contribution in [0.3, 0.4) is 0 Å². The molecule has 2 aromatic carbocycles. The van der Waals surface area contributed by atoms with Crippen molar-refractivity contribution in [3.05, 3.63) is 57.6 Å². The fourth-order valence-corrected chi connectivity index (χ4v) is 2.55. The van der Waals surface area contributed by atoms with E-state index in [1.807, 2.05) is 32.0 Å². The molecule has 0 amide bonds. The van der Waals surface area contributed by atoms with Crippen LogP contribution in [0.25, 0.3) is 0 Å². The number of rotatable bonds is 2. The number of hydrogen-bond donors (Lipinski definition) is 1. The summed E-state index contributed by atoms with van der Waals surface area (Å²) >= 11 is 6.15. The van der Waals surface area contributed by atoms with Gasteiger partial charge in [0.2, 0.25) is 6.79 Å². The monoisotopic (exact) mass is 290 g/mol. The lowest BCUT2D eigenvalue weighted by Crippen LogP contribution is -2.01. The Hall–Kier alpha value is -1.71. The van der Waals surface area contributed by atoms with Crippen LogP contribution in [-0.4, -0.2) is 11.9 Å². The Bertz CT molecular complexity index is 667. The van der Waals surface area contributed by atoms with Crippen molar-refractivity contribution in [2.75, 3.05) is 6.79 Å². The lowest BCUT2D eigenvalue weighted by molar-refractivity contribution is 0.173. The summed E-state index contributed by atoms with van der Waals surface area (Å²) in [5.41, 5.74) is 3.88. The van der Waals surface area contributed by atoms with E-state index in [2.05, 4.69) is 0 Å².